The molecule has 0 aromatic rings. The van der Waals surface area contributed by atoms with Crippen LogP contribution < -0.4 is 0 Å². The lowest BCUT2D eigenvalue weighted by Gasteiger charge is -2.08. The largest absolute Gasteiger partial charge is 0.522 e. The molecule has 0 saturated heterocycles. The first-order valence-corrected chi connectivity index (χ1v) is 6.33. The molecular formula is C4H2F8O6S2. The lowest BCUT2D eigenvalue weighted by Crippen LogP contribution is -2.29. The number of hydrogen-bond acceptors (Lipinski definition) is 4. The summed E-state index contributed by atoms with van der Waals surface area (Å²) in [6, 6.07) is 0. The molecule has 0 fully saturated rings. The first kappa shape index (κ1) is 21.3. The van der Waals surface area contributed by atoms with Gasteiger partial charge in [-0.3, -0.25) is 9.11 Å². The molecule has 0 spiro atoms. The molecule has 0 saturated carbocycles. The van der Waals surface area contributed by atoms with Crippen molar-refractivity contribution in [3.63, 3.8) is 0 Å². The van der Waals surface area contributed by atoms with Crippen LogP contribution in [0.5, 0.6) is 0 Å². The van der Waals surface area contributed by atoms with Gasteiger partial charge in [0.05, 0.1) is 0 Å². The highest BCUT2D eigenvalue weighted by Crippen LogP contribution is 2.33. The maximum Gasteiger partial charge on any atom is 0.522 e. The number of alkyl halides is 5. The second kappa shape index (κ2) is 6.19. The summed E-state index contributed by atoms with van der Waals surface area (Å²) in [6.45, 7) is 0. The van der Waals surface area contributed by atoms with Crippen molar-refractivity contribution in [1.82, 2.24) is 0 Å². The first-order valence-electron chi connectivity index (χ1n) is 3.45. The Morgan fingerprint density at radius 2 is 1.00 bits per heavy atom. The first-order chi connectivity index (χ1) is 8.35. The van der Waals surface area contributed by atoms with Gasteiger partial charge in [0.25, 0.3) is 5.83 Å². The molecule has 6 nitrogen and oxygen atoms in total. The minimum absolute atomic E-state index is 3.48. The summed E-state index contributed by atoms with van der Waals surface area (Å²) in [5.41, 5.74) is -5.53. The molecule has 122 valence electrons. The summed E-state index contributed by atoms with van der Waals surface area (Å²) in [7, 11) is -12.0. The van der Waals surface area contributed by atoms with Gasteiger partial charge in [-0.2, -0.15) is 52.0 Å². The van der Waals surface area contributed by atoms with Gasteiger partial charge in [-0.1, -0.05) is 0 Å². The molecule has 0 aliphatic heterocycles. The molecule has 0 aromatic carbocycles. The quantitative estimate of drug-likeness (QED) is 0.442. The summed E-state index contributed by atoms with van der Waals surface area (Å²) < 4.78 is 142. The van der Waals surface area contributed by atoms with E-state index in [9.17, 15) is 43.5 Å². The predicted octanol–water partition coefficient (Wildman–Crippen LogP) is 1.94. The van der Waals surface area contributed by atoms with Gasteiger partial charge in [-0.15, -0.1) is 0 Å². The van der Waals surface area contributed by atoms with Crippen molar-refractivity contribution < 1.29 is 61.1 Å². The molecule has 20 heavy (non-hydrogen) atoms. The molecular weight excluding hydrogens is 360 g/mol. The van der Waals surface area contributed by atoms with Gasteiger partial charge < -0.3 is 0 Å². The van der Waals surface area contributed by atoms with E-state index in [1.165, 1.54) is 0 Å². The van der Waals surface area contributed by atoms with E-state index >= 15 is 0 Å². The highest BCUT2D eigenvalue weighted by Gasteiger charge is 2.52. The average molecular weight is 362 g/mol. The van der Waals surface area contributed by atoms with Crippen molar-refractivity contribution in [1.29, 1.82) is 0 Å². The fraction of sp³-hybridized carbons (Fsp3) is 0.500. The highest BCUT2D eigenvalue weighted by molar-refractivity contribution is 7.87. The molecule has 0 aliphatic rings. The molecule has 0 atom stereocenters. The van der Waals surface area contributed by atoms with E-state index in [0.29, 0.717) is 0 Å². The van der Waals surface area contributed by atoms with Gasteiger partial charge >= 0.3 is 37.1 Å². The molecule has 0 amide bonds. The van der Waals surface area contributed by atoms with E-state index in [2.05, 4.69) is 0 Å². The van der Waals surface area contributed by atoms with Gasteiger partial charge in [0.15, 0.2) is 0 Å². The van der Waals surface area contributed by atoms with Crippen LogP contribution in [0.2, 0.25) is 0 Å². The molecule has 0 heterocycles. The van der Waals surface area contributed by atoms with Gasteiger partial charge in [0.2, 0.25) is 0 Å². The van der Waals surface area contributed by atoms with E-state index in [1.807, 2.05) is 0 Å². The van der Waals surface area contributed by atoms with Crippen molar-refractivity contribution in [2.45, 2.75) is 10.8 Å². The van der Waals surface area contributed by atoms with E-state index in [-0.39, 0.29) is 0 Å². The standard InChI is InChI=1S/C3HF5O3S.CHF3O3S/c4-1(2(5)6)3(7,8)12(9,10)11;2-1(3,4)8(5,6)7/h(H,9,10,11);(H,5,6,7). The van der Waals surface area contributed by atoms with Crippen LogP contribution in [0, 0.1) is 0 Å². The molecule has 0 unspecified atom stereocenters. The topological polar surface area (TPSA) is 109 Å². The average Bonchev–Trinajstić information content (AvgIpc) is 2.12. The lowest BCUT2D eigenvalue weighted by molar-refractivity contribution is -0.0510. The number of rotatable bonds is 2. The van der Waals surface area contributed by atoms with Crippen molar-refractivity contribution >= 4 is 20.2 Å². The Morgan fingerprint density at radius 1 is 0.750 bits per heavy atom. The molecule has 0 aliphatic carbocycles. The second-order valence-corrected chi connectivity index (χ2v) is 5.36. The minimum atomic E-state index is -6.19. The van der Waals surface area contributed by atoms with Crippen LogP contribution in [0.1, 0.15) is 0 Å². The van der Waals surface area contributed by atoms with E-state index in [1.54, 1.807) is 0 Å². The molecule has 0 rings (SSSR count). The van der Waals surface area contributed by atoms with Gasteiger partial charge in [-0.25, -0.2) is 0 Å². The summed E-state index contributed by atoms with van der Waals surface area (Å²) in [4.78, 5) is 0. The van der Waals surface area contributed by atoms with Gasteiger partial charge in [0, 0.05) is 0 Å². The third kappa shape index (κ3) is 5.97. The van der Waals surface area contributed by atoms with Crippen LogP contribution in [0.15, 0.2) is 11.9 Å². The highest BCUT2D eigenvalue weighted by atomic mass is 32.2. The minimum Gasteiger partial charge on any atom is -0.281 e. The zero-order valence-electron chi connectivity index (χ0n) is 8.37. The van der Waals surface area contributed by atoms with Crippen LogP contribution in [0.3, 0.4) is 0 Å². The number of halogens is 8. The summed E-state index contributed by atoms with van der Waals surface area (Å²) >= 11 is 0. The van der Waals surface area contributed by atoms with Crippen LogP contribution in [0.4, 0.5) is 35.1 Å². The Labute approximate surface area is 105 Å². The third-order valence-electron chi connectivity index (χ3n) is 1.04. The van der Waals surface area contributed by atoms with Gasteiger partial charge in [0.1, 0.15) is 0 Å². The Kier molecular flexibility index (Phi) is 6.59. The van der Waals surface area contributed by atoms with Crippen molar-refractivity contribution in [2.24, 2.45) is 0 Å². The van der Waals surface area contributed by atoms with Crippen molar-refractivity contribution in [2.75, 3.05) is 0 Å². The zero-order chi connectivity index (χ0) is 17.2. The molecule has 0 aromatic heterocycles. The van der Waals surface area contributed by atoms with E-state index in [0.717, 1.165) is 0 Å². The number of hydrogen-bond donors (Lipinski definition) is 2. The maximum atomic E-state index is 11.8. The van der Waals surface area contributed by atoms with Crippen LogP contribution in [0.25, 0.3) is 0 Å². The molecule has 2 N–H and O–H groups in total. The van der Waals surface area contributed by atoms with Crippen LogP contribution in [-0.4, -0.2) is 36.7 Å². The summed E-state index contributed by atoms with van der Waals surface area (Å²) in [5.74, 6) is -3.48. The van der Waals surface area contributed by atoms with Gasteiger partial charge in [-0.05, 0) is 0 Å². The summed E-state index contributed by atoms with van der Waals surface area (Å²) in [5, 5.41) is -5.59. The molecule has 0 radical (unpaired) electrons. The Morgan fingerprint density at radius 3 is 1.05 bits per heavy atom. The van der Waals surface area contributed by atoms with E-state index < -0.39 is 42.9 Å². The smallest absolute Gasteiger partial charge is 0.281 e. The monoisotopic (exact) mass is 362 g/mol. The maximum absolute atomic E-state index is 11.8. The van der Waals surface area contributed by atoms with Crippen molar-refractivity contribution in [3.05, 3.63) is 11.9 Å². The Balaban J connectivity index is 0. The SMILES string of the molecule is O=S(=O)(O)C(F)(F)C(F)=C(F)F.O=S(=O)(O)C(F)(F)F. The molecule has 0 bridgehead atoms. The lowest BCUT2D eigenvalue weighted by atomic mass is 10.6. The molecule has 16 heteroatoms. The normalized spacial score (nSPS) is 13.3. The fourth-order valence-corrected chi connectivity index (χ4v) is 0.527. The van der Waals surface area contributed by atoms with Crippen molar-refractivity contribution in [3.8, 4) is 0 Å². The Hall–Kier alpha value is -1.00. The second-order valence-electron chi connectivity index (χ2n) is 2.49. The van der Waals surface area contributed by atoms with E-state index in [4.69, 9.17) is 17.5 Å². The third-order valence-corrected chi connectivity index (χ3v) is 2.45. The van der Waals surface area contributed by atoms with Crippen LogP contribution >= 0.6 is 0 Å². The summed E-state index contributed by atoms with van der Waals surface area (Å²) in [6.07, 6.45) is -3.50. The predicted molar refractivity (Wildman–Crippen MR) is 44.4 cm³/mol. The van der Waals surface area contributed by atoms with Crippen LogP contribution in [-0.2, 0) is 20.2 Å². The Bertz CT molecular complexity index is 567. The fourth-order valence-electron chi connectivity index (χ4n) is 0.223. The zero-order valence-corrected chi connectivity index (χ0v) is 10.0.